The highest BCUT2D eigenvalue weighted by Crippen LogP contribution is 2.33. The number of pyridine rings is 1. The van der Waals surface area contributed by atoms with Crippen LogP contribution >= 0.6 is 0 Å². The van der Waals surface area contributed by atoms with Gasteiger partial charge in [0.2, 0.25) is 0 Å². The van der Waals surface area contributed by atoms with Gasteiger partial charge in [-0.15, -0.1) is 0 Å². The molecule has 15 heavy (non-hydrogen) atoms. The summed E-state index contributed by atoms with van der Waals surface area (Å²) in [7, 11) is 0. The molecule has 0 radical (unpaired) electrons. The molecule has 0 saturated carbocycles. The van der Waals surface area contributed by atoms with Crippen molar-refractivity contribution < 1.29 is 14.6 Å². The summed E-state index contributed by atoms with van der Waals surface area (Å²) in [5.74, 6) is 0.426. The largest absolute Gasteiger partial charge is 0.491 e. The summed E-state index contributed by atoms with van der Waals surface area (Å²) in [6.45, 7) is 2.78. The van der Waals surface area contributed by atoms with Crippen LogP contribution in [0.1, 0.15) is 30.5 Å². The van der Waals surface area contributed by atoms with E-state index < -0.39 is 5.97 Å². The lowest BCUT2D eigenvalue weighted by Gasteiger charge is -2.03. The lowest BCUT2D eigenvalue weighted by Crippen LogP contribution is -2.00. The first-order chi connectivity index (χ1) is 7.16. The van der Waals surface area contributed by atoms with E-state index in [9.17, 15) is 4.79 Å². The van der Waals surface area contributed by atoms with Crippen LogP contribution in [0.15, 0.2) is 12.3 Å². The Morgan fingerprint density at radius 2 is 2.53 bits per heavy atom. The van der Waals surface area contributed by atoms with Crippen LogP contribution in [0.5, 0.6) is 5.75 Å². The van der Waals surface area contributed by atoms with Crippen LogP contribution in [0, 0.1) is 0 Å². The van der Waals surface area contributed by atoms with Gasteiger partial charge in [-0.3, -0.25) is 9.78 Å². The number of aromatic nitrogens is 1. The van der Waals surface area contributed by atoms with E-state index in [-0.39, 0.29) is 6.42 Å². The summed E-state index contributed by atoms with van der Waals surface area (Å²) in [5.41, 5.74) is 1.97. The van der Waals surface area contributed by atoms with Crippen LogP contribution in [-0.2, 0) is 11.2 Å². The second kappa shape index (κ2) is 3.88. The van der Waals surface area contributed by atoms with Crippen molar-refractivity contribution in [2.75, 3.05) is 6.61 Å². The van der Waals surface area contributed by atoms with Crippen LogP contribution in [-0.4, -0.2) is 22.7 Å². The molecule has 0 spiro atoms. The molecule has 0 bridgehead atoms. The fraction of sp³-hybridized carbons (Fsp3) is 0.455. The van der Waals surface area contributed by atoms with Gasteiger partial charge in [0, 0.05) is 23.6 Å². The highest BCUT2D eigenvalue weighted by atomic mass is 16.5. The van der Waals surface area contributed by atoms with E-state index in [2.05, 4.69) is 11.9 Å². The average Bonchev–Trinajstić information content (AvgIpc) is 2.57. The number of ether oxygens (including phenoxy) is 1. The Balaban J connectivity index is 2.14. The van der Waals surface area contributed by atoms with E-state index >= 15 is 0 Å². The average molecular weight is 207 g/mol. The number of hydrogen-bond donors (Lipinski definition) is 1. The molecule has 1 aliphatic rings. The summed E-state index contributed by atoms with van der Waals surface area (Å²) in [6.07, 6.45) is 2.30. The van der Waals surface area contributed by atoms with Gasteiger partial charge in [0.15, 0.2) is 0 Å². The molecular formula is C11H13NO3. The van der Waals surface area contributed by atoms with Gasteiger partial charge < -0.3 is 9.84 Å². The first-order valence-electron chi connectivity index (χ1n) is 5.00. The van der Waals surface area contributed by atoms with Gasteiger partial charge in [-0.1, -0.05) is 6.92 Å². The molecule has 1 aliphatic heterocycles. The number of carbonyl (C=O) groups is 1. The Kier molecular flexibility index (Phi) is 2.58. The Bertz CT molecular complexity index is 389. The van der Waals surface area contributed by atoms with Crippen molar-refractivity contribution in [3.8, 4) is 5.75 Å². The minimum Gasteiger partial charge on any atom is -0.491 e. The lowest BCUT2D eigenvalue weighted by atomic mass is 10.0. The summed E-state index contributed by atoms with van der Waals surface area (Å²) in [5, 5.41) is 8.57. The topological polar surface area (TPSA) is 59.4 Å². The third-order valence-electron chi connectivity index (χ3n) is 2.57. The minimum atomic E-state index is -0.790. The monoisotopic (exact) mass is 207 g/mol. The summed E-state index contributed by atoms with van der Waals surface area (Å²) in [4.78, 5) is 14.6. The van der Waals surface area contributed by atoms with Crippen molar-refractivity contribution in [3.63, 3.8) is 0 Å². The first kappa shape index (κ1) is 9.96. The van der Waals surface area contributed by atoms with Crippen molar-refractivity contribution in [2.45, 2.75) is 25.7 Å². The molecular weight excluding hydrogens is 194 g/mol. The Hall–Kier alpha value is -1.58. The van der Waals surface area contributed by atoms with E-state index in [0.29, 0.717) is 18.9 Å². The van der Waals surface area contributed by atoms with Crippen molar-refractivity contribution in [3.05, 3.63) is 23.5 Å². The number of aryl methyl sites for hydroxylation is 1. The molecule has 0 aliphatic carbocycles. The molecule has 1 aromatic heterocycles. The van der Waals surface area contributed by atoms with Crippen LogP contribution in [0.3, 0.4) is 0 Å². The predicted octanol–water partition coefficient (Wildman–Crippen LogP) is 1.59. The van der Waals surface area contributed by atoms with E-state index in [1.54, 1.807) is 6.20 Å². The number of hydrogen-bond acceptors (Lipinski definition) is 3. The second-order valence-electron chi connectivity index (χ2n) is 3.82. The highest BCUT2D eigenvalue weighted by molar-refractivity contribution is 5.67. The summed E-state index contributed by atoms with van der Waals surface area (Å²) >= 11 is 0. The van der Waals surface area contributed by atoms with Gasteiger partial charge in [-0.05, 0) is 6.07 Å². The molecule has 0 saturated heterocycles. The van der Waals surface area contributed by atoms with Crippen LogP contribution in [0.4, 0.5) is 0 Å². The fourth-order valence-corrected chi connectivity index (χ4v) is 1.69. The van der Waals surface area contributed by atoms with Gasteiger partial charge in [0.1, 0.15) is 5.75 Å². The van der Waals surface area contributed by atoms with Gasteiger partial charge in [-0.2, -0.15) is 0 Å². The lowest BCUT2D eigenvalue weighted by molar-refractivity contribution is -0.136. The van der Waals surface area contributed by atoms with Crippen molar-refractivity contribution in [2.24, 2.45) is 0 Å². The van der Waals surface area contributed by atoms with Crippen molar-refractivity contribution in [1.82, 2.24) is 4.98 Å². The number of nitrogens with zero attached hydrogens (tertiary/aromatic N) is 1. The maximum absolute atomic E-state index is 10.4. The van der Waals surface area contributed by atoms with Crippen LogP contribution in [0.25, 0.3) is 0 Å². The quantitative estimate of drug-likeness (QED) is 0.817. The zero-order chi connectivity index (χ0) is 10.8. The third-order valence-corrected chi connectivity index (χ3v) is 2.57. The van der Waals surface area contributed by atoms with E-state index in [4.69, 9.17) is 9.84 Å². The van der Waals surface area contributed by atoms with Gasteiger partial charge in [0.25, 0.3) is 0 Å². The maximum Gasteiger partial charge on any atom is 0.303 e. The van der Waals surface area contributed by atoms with Gasteiger partial charge in [-0.25, -0.2) is 0 Å². The summed E-state index contributed by atoms with van der Waals surface area (Å²) < 4.78 is 5.41. The highest BCUT2D eigenvalue weighted by Gasteiger charge is 2.20. The normalized spacial score (nSPS) is 18.3. The zero-order valence-electron chi connectivity index (χ0n) is 8.56. The number of carboxylic acids is 1. The SMILES string of the molecule is CC1COc2cnc(CCC(=O)O)cc21. The van der Waals surface area contributed by atoms with Crippen molar-refractivity contribution >= 4 is 5.97 Å². The number of fused-ring (bicyclic) bond motifs is 1. The molecule has 1 atom stereocenters. The summed E-state index contributed by atoms with van der Waals surface area (Å²) in [6, 6.07) is 1.95. The Morgan fingerprint density at radius 1 is 1.73 bits per heavy atom. The minimum absolute atomic E-state index is 0.126. The molecule has 0 amide bonds. The molecule has 1 N–H and O–H groups in total. The van der Waals surface area contributed by atoms with E-state index in [1.165, 1.54) is 0 Å². The van der Waals surface area contributed by atoms with Crippen LogP contribution in [0.2, 0.25) is 0 Å². The van der Waals surface area contributed by atoms with Crippen molar-refractivity contribution in [1.29, 1.82) is 0 Å². The molecule has 1 unspecified atom stereocenters. The second-order valence-corrected chi connectivity index (χ2v) is 3.82. The molecule has 0 fully saturated rings. The molecule has 4 nitrogen and oxygen atoms in total. The molecule has 4 heteroatoms. The molecule has 2 heterocycles. The number of carboxylic acid groups (broad SMARTS) is 1. The van der Waals surface area contributed by atoms with Gasteiger partial charge >= 0.3 is 5.97 Å². The fourth-order valence-electron chi connectivity index (χ4n) is 1.69. The predicted molar refractivity (Wildman–Crippen MR) is 54.1 cm³/mol. The number of aliphatic carboxylic acids is 1. The van der Waals surface area contributed by atoms with E-state index in [1.807, 2.05) is 6.07 Å². The van der Waals surface area contributed by atoms with Crippen LogP contribution < -0.4 is 4.74 Å². The van der Waals surface area contributed by atoms with E-state index in [0.717, 1.165) is 17.0 Å². The molecule has 0 aromatic carbocycles. The standard InChI is InChI=1S/C11H13NO3/c1-7-6-15-10-5-12-8(4-9(7)10)2-3-11(13)14/h4-5,7H,2-3,6H2,1H3,(H,13,14). The molecule has 1 aromatic rings. The zero-order valence-corrected chi connectivity index (χ0v) is 8.56. The molecule has 80 valence electrons. The third kappa shape index (κ3) is 2.09. The Morgan fingerprint density at radius 3 is 3.27 bits per heavy atom. The first-order valence-corrected chi connectivity index (χ1v) is 5.00. The molecule has 2 rings (SSSR count). The Labute approximate surface area is 87.9 Å². The maximum atomic E-state index is 10.4. The number of rotatable bonds is 3. The van der Waals surface area contributed by atoms with Gasteiger partial charge in [0.05, 0.1) is 19.2 Å². The smallest absolute Gasteiger partial charge is 0.303 e.